The number of hydrogen-bond donors (Lipinski definition) is 1. The standard InChI is InChI=1S/C14H18FNO/c1-11(12-5-7-13(15)8-6-12)16-10-14-4-2-3-9-17-14/h3,5-9,11,14,16H,2,4,10H2,1H3. The number of nitrogens with one attached hydrogen (secondary N) is 1. The maximum absolute atomic E-state index is 12.8. The maximum Gasteiger partial charge on any atom is 0.123 e. The second-order valence-electron chi connectivity index (χ2n) is 4.39. The summed E-state index contributed by atoms with van der Waals surface area (Å²) in [5, 5.41) is 3.41. The average Bonchev–Trinajstić information content (AvgIpc) is 2.38. The van der Waals surface area contributed by atoms with E-state index in [9.17, 15) is 4.39 Å². The summed E-state index contributed by atoms with van der Waals surface area (Å²) in [6.45, 7) is 2.90. The Morgan fingerprint density at radius 2 is 2.18 bits per heavy atom. The molecule has 1 N–H and O–H groups in total. The Kier molecular flexibility index (Phi) is 4.15. The lowest BCUT2D eigenvalue weighted by molar-refractivity contribution is 0.120. The van der Waals surface area contributed by atoms with Gasteiger partial charge in [0, 0.05) is 12.6 Å². The summed E-state index contributed by atoms with van der Waals surface area (Å²) < 4.78 is 18.3. The van der Waals surface area contributed by atoms with Gasteiger partial charge in [0.2, 0.25) is 0 Å². The number of hydrogen-bond acceptors (Lipinski definition) is 2. The average molecular weight is 235 g/mol. The molecule has 0 saturated heterocycles. The normalized spacial score (nSPS) is 20.9. The molecule has 2 unspecified atom stereocenters. The van der Waals surface area contributed by atoms with E-state index in [0.717, 1.165) is 24.9 Å². The molecule has 1 aliphatic rings. The Morgan fingerprint density at radius 1 is 1.41 bits per heavy atom. The maximum atomic E-state index is 12.8. The van der Waals surface area contributed by atoms with Crippen molar-refractivity contribution in [2.45, 2.75) is 31.9 Å². The lowest BCUT2D eigenvalue weighted by Gasteiger charge is -2.22. The third-order valence-corrected chi connectivity index (χ3v) is 3.04. The first-order chi connectivity index (χ1) is 8.25. The van der Waals surface area contributed by atoms with E-state index in [2.05, 4.69) is 12.2 Å². The van der Waals surface area contributed by atoms with Crippen molar-refractivity contribution in [3.8, 4) is 0 Å². The third-order valence-electron chi connectivity index (χ3n) is 3.04. The van der Waals surface area contributed by atoms with Gasteiger partial charge in [-0.25, -0.2) is 4.39 Å². The Morgan fingerprint density at radius 3 is 2.82 bits per heavy atom. The van der Waals surface area contributed by atoms with Crippen LogP contribution in [0.2, 0.25) is 0 Å². The van der Waals surface area contributed by atoms with Crippen molar-refractivity contribution in [2.24, 2.45) is 0 Å². The third kappa shape index (κ3) is 3.56. The first kappa shape index (κ1) is 12.1. The van der Waals surface area contributed by atoms with Crippen molar-refractivity contribution in [3.63, 3.8) is 0 Å². The predicted molar refractivity (Wildman–Crippen MR) is 66.1 cm³/mol. The van der Waals surface area contributed by atoms with Crippen molar-refractivity contribution in [1.29, 1.82) is 0 Å². The highest BCUT2D eigenvalue weighted by molar-refractivity contribution is 5.19. The molecule has 0 radical (unpaired) electrons. The molecule has 0 amide bonds. The fraction of sp³-hybridized carbons (Fsp3) is 0.429. The first-order valence-corrected chi connectivity index (χ1v) is 6.05. The number of allylic oxidation sites excluding steroid dienone is 1. The Labute approximate surface area is 101 Å². The molecule has 17 heavy (non-hydrogen) atoms. The molecule has 1 heterocycles. The van der Waals surface area contributed by atoms with Crippen molar-refractivity contribution in [3.05, 3.63) is 48.0 Å². The van der Waals surface area contributed by atoms with Gasteiger partial charge in [0.05, 0.1) is 6.26 Å². The molecule has 0 bridgehead atoms. The fourth-order valence-electron chi connectivity index (χ4n) is 1.91. The van der Waals surface area contributed by atoms with Crippen LogP contribution in [-0.2, 0) is 4.74 Å². The van der Waals surface area contributed by atoms with E-state index in [1.807, 2.05) is 18.2 Å². The van der Waals surface area contributed by atoms with Gasteiger partial charge in [0.15, 0.2) is 0 Å². The minimum Gasteiger partial charge on any atom is -0.497 e. The van der Waals surface area contributed by atoms with Crippen molar-refractivity contribution in [1.82, 2.24) is 5.32 Å². The van der Waals surface area contributed by atoms with Gasteiger partial charge in [0.1, 0.15) is 11.9 Å². The van der Waals surface area contributed by atoms with E-state index in [1.165, 1.54) is 12.1 Å². The summed E-state index contributed by atoms with van der Waals surface area (Å²) in [5.74, 6) is -0.193. The molecule has 0 aliphatic carbocycles. The highest BCUT2D eigenvalue weighted by atomic mass is 19.1. The summed E-state index contributed by atoms with van der Waals surface area (Å²) in [7, 11) is 0. The topological polar surface area (TPSA) is 21.3 Å². The van der Waals surface area contributed by atoms with E-state index in [0.29, 0.717) is 0 Å². The molecule has 1 aromatic rings. The highest BCUT2D eigenvalue weighted by Crippen LogP contribution is 2.14. The molecule has 1 aliphatic heterocycles. The van der Waals surface area contributed by atoms with Gasteiger partial charge >= 0.3 is 0 Å². The molecule has 2 atom stereocenters. The van der Waals surface area contributed by atoms with Crippen molar-refractivity contribution >= 4 is 0 Å². The van der Waals surface area contributed by atoms with Crippen LogP contribution >= 0.6 is 0 Å². The van der Waals surface area contributed by atoms with Crippen molar-refractivity contribution in [2.75, 3.05) is 6.54 Å². The summed E-state index contributed by atoms with van der Waals surface area (Å²) in [5.41, 5.74) is 1.10. The second kappa shape index (κ2) is 5.82. The molecular formula is C14H18FNO. The largest absolute Gasteiger partial charge is 0.497 e. The van der Waals surface area contributed by atoms with Crippen LogP contribution in [0, 0.1) is 5.82 Å². The molecule has 0 spiro atoms. The molecule has 2 nitrogen and oxygen atoms in total. The van der Waals surface area contributed by atoms with Crippen molar-refractivity contribution < 1.29 is 9.13 Å². The van der Waals surface area contributed by atoms with Gasteiger partial charge in [-0.05, 0) is 43.5 Å². The van der Waals surface area contributed by atoms with Gasteiger partial charge in [-0.2, -0.15) is 0 Å². The number of benzene rings is 1. The Balaban J connectivity index is 1.82. The molecule has 0 fully saturated rings. The monoisotopic (exact) mass is 235 g/mol. The van der Waals surface area contributed by atoms with E-state index in [-0.39, 0.29) is 18.0 Å². The van der Waals surface area contributed by atoms with Crippen LogP contribution < -0.4 is 5.32 Å². The fourth-order valence-corrected chi connectivity index (χ4v) is 1.91. The summed E-state index contributed by atoms with van der Waals surface area (Å²) in [4.78, 5) is 0. The zero-order valence-electron chi connectivity index (χ0n) is 10.0. The smallest absolute Gasteiger partial charge is 0.123 e. The predicted octanol–water partition coefficient (Wildman–Crippen LogP) is 3.17. The SMILES string of the molecule is CC(NCC1CCC=CO1)c1ccc(F)cc1. The zero-order chi connectivity index (χ0) is 12.1. The van der Waals surface area contributed by atoms with Gasteiger partial charge in [0.25, 0.3) is 0 Å². The number of ether oxygens (including phenoxy) is 1. The van der Waals surface area contributed by atoms with E-state index in [4.69, 9.17) is 4.74 Å². The number of rotatable bonds is 4. The molecule has 3 heteroatoms. The van der Waals surface area contributed by atoms with E-state index < -0.39 is 0 Å². The lowest BCUT2D eigenvalue weighted by Crippen LogP contribution is -2.31. The molecule has 0 aromatic heterocycles. The minimum atomic E-state index is -0.193. The van der Waals surface area contributed by atoms with Gasteiger partial charge in [-0.1, -0.05) is 12.1 Å². The molecule has 92 valence electrons. The van der Waals surface area contributed by atoms with Crippen LogP contribution in [0.4, 0.5) is 4.39 Å². The van der Waals surface area contributed by atoms with Crippen LogP contribution in [-0.4, -0.2) is 12.6 Å². The summed E-state index contributed by atoms with van der Waals surface area (Å²) >= 11 is 0. The minimum absolute atomic E-state index is 0.193. The summed E-state index contributed by atoms with van der Waals surface area (Å²) in [6.07, 6.45) is 6.21. The quantitative estimate of drug-likeness (QED) is 0.865. The van der Waals surface area contributed by atoms with E-state index >= 15 is 0 Å². The van der Waals surface area contributed by atoms with Gasteiger partial charge < -0.3 is 10.1 Å². The molecule has 2 rings (SSSR count). The van der Waals surface area contributed by atoms with Gasteiger partial charge in [-0.15, -0.1) is 0 Å². The van der Waals surface area contributed by atoms with Crippen LogP contribution in [0.15, 0.2) is 36.6 Å². The molecular weight excluding hydrogens is 217 g/mol. The highest BCUT2D eigenvalue weighted by Gasteiger charge is 2.12. The second-order valence-corrected chi connectivity index (χ2v) is 4.39. The first-order valence-electron chi connectivity index (χ1n) is 6.05. The molecule has 1 aromatic carbocycles. The Bertz CT molecular complexity index is 374. The van der Waals surface area contributed by atoms with Crippen LogP contribution in [0.1, 0.15) is 31.4 Å². The zero-order valence-corrected chi connectivity index (χ0v) is 10.0. The van der Waals surface area contributed by atoms with E-state index in [1.54, 1.807) is 6.26 Å². The van der Waals surface area contributed by atoms with Crippen LogP contribution in [0.3, 0.4) is 0 Å². The lowest BCUT2D eigenvalue weighted by atomic mass is 10.1. The summed E-state index contributed by atoms with van der Waals surface area (Å²) in [6, 6.07) is 6.83. The number of halogens is 1. The Hall–Kier alpha value is -1.35. The van der Waals surface area contributed by atoms with Crippen LogP contribution in [0.25, 0.3) is 0 Å². The van der Waals surface area contributed by atoms with Gasteiger partial charge in [-0.3, -0.25) is 0 Å². The molecule has 0 saturated carbocycles. The van der Waals surface area contributed by atoms with Crippen LogP contribution in [0.5, 0.6) is 0 Å².